The molecule has 2 aromatic heterocycles. The van der Waals surface area contributed by atoms with Gasteiger partial charge < -0.3 is 20.6 Å². The van der Waals surface area contributed by atoms with Crippen LogP contribution in [0.5, 0.6) is 0 Å². The number of aliphatic hydroxyl groups is 1. The number of anilines is 1. The van der Waals surface area contributed by atoms with E-state index in [1.54, 1.807) is 6.20 Å². The van der Waals surface area contributed by atoms with Gasteiger partial charge in [0.05, 0.1) is 11.0 Å². The van der Waals surface area contributed by atoms with E-state index in [0.717, 1.165) is 49.0 Å². The van der Waals surface area contributed by atoms with Crippen LogP contribution in [0, 0.1) is 6.92 Å². The van der Waals surface area contributed by atoms with E-state index in [2.05, 4.69) is 34.4 Å². The van der Waals surface area contributed by atoms with E-state index in [1.807, 2.05) is 17.9 Å². The van der Waals surface area contributed by atoms with Gasteiger partial charge in [-0.05, 0) is 70.4 Å². The third-order valence-electron chi connectivity index (χ3n) is 7.52. The molecule has 2 aliphatic heterocycles. The number of rotatable bonds is 7. The summed E-state index contributed by atoms with van der Waals surface area (Å²) >= 11 is 1.25. The van der Waals surface area contributed by atoms with E-state index in [9.17, 15) is 14.7 Å². The summed E-state index contributed by atoms with van der Waals surface area (Å²) in [5.41, 5.74) is 2.17. The number of amides is 2. The zero-order chi connectivity index (χ0) is 24.0. The van der Waals surface area contributed by atoms with Crippen molar-refractivity contribution in [1.29, 1.82) is 0 Å². The lowest BCUT2D eigenvalue weighted by molar-refractivity contribution is 0.0562. The maximum absolute atomic E-state index is 13.7. The molecule has 8 nitrogen and oxygen atoms in total. The lowest BCUT2D eigenvalue weighted by atomic mass is 9.89. The molecule has 0 aromatic carbocycles. The number of aromatic nitrogens is 2. The topological polar surface area (TPSA) is 107 Å². The molecule has 3 aliphatic rings. The first-order chi connectivity index (χ1) is 16.3. The maximum atomic E-state index is 13.7. The molecule has 2 saturated heterocycles. The zero-order valence-corrected chi connectivity index (χ0v) is 20.8. The molecule has 0 spiro atoms. The Balaban J connectivity index is 1.48. The van der Waals surface area contributed by atoms with Gasteiger partial charge in [-0.1, -0.05) is 6.92 Å². The van der Waals surface area contributed by atoms with Crippen molar-refractivity contribution in [2.24, 2.45) is 0 Å². The molecule has 9 heteroatoms. The second kappa shape index (κ2) is 9.26. The Kier molecular flexibility index (Phi) is 6.33. The summed E-state index contributed by atoms with van der Waals surface area (Å²) in [5.74, 6) is 0.440. The first-order valence-electron chi connectivity index (χ1n) is 12.4. The van der Waals surface area contributed by atoms with E-state index in [0.29, 0.717) is 29.5 Å². The highest BCUT2D eigenvalue weighted by atomic mass is 32.1. The van der Waals surface area contributed by atoms with Gasteiger partial charge in [0, 0.05) is 35.9 Å². The van der Waals surface area contributed by atoms with Gasteiger partial charge >= 0.3 is 0 Å². The van der Waals surface area contributed by atoms with E-state index in [4.69, 9.17) is 0 Å². The van der Waals surface area contributed by atoms with Crippen LogP contribution >= 0.6 is 11.3 Å². The van der Waals surface area contributed by atoms with Crippen LogP contribution in [0.1, 0.15) is 84.6 Å². The average Bonchev–Trinajstić information content (AvgIpc) is 3.52. The zero-order valence-electron chi connectivity index (χ0n) is 20.0. The number of hydrogen-bond acceptors (Lipinski definition) is 7. The molecule has 1 saturated carbocycles. The molecule has 2 aromatic rings. The second-order valence-electron chi connectivity index (χ2n) is 10.0. The molecule has 3 N–H and O–H groups in total. The Labute approximate surface area is 204 Å². The largest absolute Gasteiger partial charge is 0.393 e. The Bertz CT molecular complexity index is 1080. The standard InChI is InChI=1S/C25H33N5O3S/c1-4-14(3)27-20-9-13(2)19(12-26-20)22-21(25(33)30-16-5-6-17(30)8-7-16)29-24(34-22)23(32)28-15-10-18(31)11-15/h9,12,14-18,31H,4-8,10-11H2,1-3H3,(H,26,27)(H,28,32)/t14-,15?,16?,17?,18?/m1/s1. The van der Waals surface area contributed by atoms with Gasteiger partial charge in [0.2, 0.25) is 0 Å². The number of hydrogen-bond donors (Lipinski definition) is 3. The molecule has 182 valence electrons. The first kappa shape index (κ1) is 23.2. The summed E-state index contributed by atoms with van der Waals surface area (Å²) in [7, 11) is 0. The van der Waals surface area contributed by atoms with Crippen LogP contribution in [-0.2, 0) is 0 Å². The third kappa shape index (κ3) is 4.31. The fourth-order valence-corrected chi connectivity index (χ4v) is 6.33. The van der Waals surface area contributed by atoms with Crippen molar-refractivity contribution < 1.29 is 14.7 Å². The van der Waals surface area contributed by atoms with E-state index < -0.39 is 0 Å². The molecule has 34 heavy (non-hydrogen) atoms. The number of aryl methyl sites for hydroxylation is 1. The van der Waals surface area contributed by atoms with Gasteiger partial charge in [-0.25, -0.2) is 9.97 Å². The number of pyridine rings is 1. The number of nitrogens with zero attached hydrogens (tertiary/aromatic N) is 3. The molecule has 2 amide bonds. The number of nitrogens with one attached hydrogen (secondary N) is 2. The van der Waals surface area contributed by atoms with Gasteiger partial charge in [-0.15, -0.1) is 11.3 Å². The monoisotopic (exact) mass is 483 g/mol. The molecule has 2 bridgehead atoms. The molecular weight excluding hydrogens is 450 g/mol. The van der Waals surface area contributed by atoms with Crippen LogP contribution in [0.2, 0.25) is 0 Å². The second-order valence-corrected chi connectivity index (χ2v) is 11.0. The number of fused-ring (bicyclic) bond motifs is 2. The number of aliphatic hydroxyl groups excluding tert-OH is 1. The highest BCUT2D eigenvalue weighted by Gasteiger charge is 2.44. The van der Waals surface area contributed by atoms with Crippen LogP contribution in [0.4, 0.5) is 5.82 Å². The Morgan fingerprint density at radius 2 is 1.91 bits per heavy atom. The first-order valence-corrected chi connectivity index (χ1v) is 13.2. The third-order valence-corrected chi connectivity index (χ3v) is 8.61. The fourth-order valence-electron chi connectivity index (χ4n) is 5.29. The van der Waals surface area contributed by atoms with Crippen molar-refractivity contribution in [3.63, 3.8) is 0 Å². The SMILES string of the molecule is CC[C@@H](C)Nc1cc(C)c(-c2sc(C(=O)NC3CC(O)C3)nc2C(=O)N2C3CCC2CC3)cn1. The van der Waals surface area contributed by atoms with Crippen LogP contribution in [0.25, 0.3) is 10.4 Å². The van der Waals surface area contributed by atoms with Crippen molar-refractivity contribution in [1.82, 2.24) is 20.2 Å². The summed E-state index contributed by atoms with van der Waals surface area (Å²) in [6.45, 7) is 6.24. The summed E-state index contributed by atoms with van der Waals surface area (Å²) in [6, 6.07) is 2.82. The molecular formula is C25H33N5O3S. The van der Waals surface area contributed by atoms with Crippen molar-refractivity contribution in [3.8, 4) is 10.4 Å². The fraction of sp³-hybridized carbons (Fsp3) is 0.600. The minimum absolute atomic E-state index is 0.0438. The van der Waals surface area contributed by atoms with Crippen LogP contribution in [-0.4, -0.2) is 62.1 Å². The van der Waals surface area contributed by atoms with Crippen molar-refractivity contribution in [2.45, 2.75) is 96.0 Å². The van der Waals surface area contributed by atoms with Crippen molar-refractivity contribution in [2.75, 3.05) is 5.32 Å². The van der Waals surface area contributed by atoms with Crippen LogP contribution in [0.3, 0.4) is 0 Å². The minimum Gasteiger partial charge on any atom is -0.393 e. The number of carbonyl (C=O) groups excluding carboxylic acids is 2. The lowest BCUT2D eigenvalue weighted by Crippen LogP contribution is -2.46. The van der Waals surface area contributed by atoms with Crippen LogP contribution in [0.15, 0.2) is 12.3 Å². The van der Waals surface area contributed by atoms with Gasteiger partial charge in [-0.2, -0.15) is 0 Å². The molecule has 0 radical (unpaired) electrons. The highest BCUT2D eigenvalue weighted by Crippen LogP contribution is 2.41. The van der Waals surface area contributed by atoms with Crippen LogP contribution < -0.4 is 10.6 Å². The quantitative estimate of drug-likeness (QED) is 0.554. The average molecular weight is 484 g/mol. The normalized spacial score (nSPS) is 26.3. The molecule has 3 fully saturated rings. The van der Waals surface area contributed by atoms with E-state index in [1.165, 1.54) is 11.3 Å². The molecule has 1 aliphatic carbocycles. The predicted octanol–water partition coefficient (Wildman–Crippen LogP) is 3.74. The van der Waals surface area contributed by atoms with E-state index in [-0.39, 0.29) is 41.1 Å². The number of carbonyl (C=O) groups is 2. The molecule has 5 rings (SSSR count). The highest BCUT2D eigenvalue weighted by molar-refractivity contribution is 7.17. The van der Waals surface area contributed by atoms with Gasteiger partial charge in [0.1, 0.15) is 11.5 Å². The van der Waals surface area contributed by atoms with Crippen molar-refractivity contribution >= 4 is 29.0 Å². The summed E-state index contributed by atoms with van der Waals surface area (Å²) in [5, 5.41) is 16.2. The summed E-state index contributed by atoms with van der Waals surface area (Å²) < 4.78 is 0. The smallest absolute Gasteiger partial charge is 0.280 e. The number of thiazole rings is 1. The summed E-state index contributed by atoms with van der Waals surface area (Å²) in [4.78, 5) is 38.5. The van der Waals surface area contributed by atoms with Gasteiger partial charge in [0.25, 0.3) is 11.8 Å². The van der Waals surface area contributed by atoms with E-state index >= 15 is 0 Å². The Morgan fingerprint density at radius 3 is 2.50 bits per heavy atom. The Morgan fingerprint density at radius 1 is 1.24 bits per heavy atom. The minimum atomic E-state index is -0.351. The predicted molar refractivity (Wildman–Crippen MR) is 132 cm³/mol. The molecule has 1 atom stereocenters. The molecule has 4 heterocycles. The van der Waals surface area contributed by atoms with Gasteiger partial charge in [0.15, 0.2) is 5.01 Å². The lowest BCUT2D eigenvalue weighted by Gasteiger charge is -2.31. The summed E-state index contributed by atoms with van der Waals surface area (Å²) in [6.07, 6.45) is 7.72. The molecule has 0 unspecified atom stereocenters. The van der Waals surface area contributed by atoms with Gasteiger partial charge in [-0.3, -0.25) is 9.59 Å². The Hall–Kier alpha value is -2.52. The maximum Gasteiger partial charge on any atom is 0.280 e. The van der Waals surface area contributed by atoms with Crippen molar-refractivity contribution in [3.05, 3.63) is 28.5 Å².